The SMILES string of the molecule is CC(C)OC(C)(C)c1ccc(-c2cc(F)c(F)cc2F)cc1.CO[Si]. The van der Waals surface area contributed by atoms with Crippen molar-refractivity contribution in [1.82, 2.24) is 0 Å². The highest BCUT2D eigenvalue weighted by Gasteiger charge is 2.22. The Bertz CT molecular complexity index is 686. The third-order valence-electron chi connectivity index (χ3n) is 3.43. The van der Waals surface area contributed by atoms with E-state index in [-0.39, 0.29) is 11.7 Å². The maximum absolute atomic E-state index is 13.8. The lowest BCUT2D eigenvalue weighted by Crippen LogP contribution is -2.25. The van der Waals surface area contributed by atoms with Gasteiger partial charge >= 0.3 is 0 Å². The van der Waals surface area contributed by atoms with Gasteiger partial charge in [-0.15, -0.1) is 0 Å². The standard InChI is InChI=1S/C18H19F3O.CH3OSi/c1-11(2)22-18(3,4)13-7-5-12(6-8-13)14-9-16(20)17(21)10-15(14)19;1-2-3/h5-11H,1-4H3;1H3. The van der Waals surface area contributed by atoms with Crippen molar-refractivity contribution in [3.05, 3.63) is 59.4 Å². The molecule has 0 fully saturated rings. The maximum atomic E-state index is 13.8. The van der Waals surface area contributed by atoms with Gasteiger partial charge in [-0.2, -0.15) is 0 Å². The highest BCUT2D eigenvalue weighted by atomic mass is 28.2. The van der Waals surface area contributed by atoms with Crippen LogP contribution in [0.2, 0.25) is 0 Å². The summed E-state index contributed by atoms with van der Waals surface area (Å²) in [7, 11) is 4.22. The van der Waals surface area contributed by atoms with Crippen molar-refractivity contribution in [2.45, 2.75) is 39.4 Å². The molecule has 0 bridgehead atoms. The van der Waals surface area contributed by atoms with Crippen LogP contribution in [0.15, 0.2) is 36.4 Å². The second-order valence-corrected chi connectivity index (χ2v) is 6.61. The first kappa shape index (κ1) is 21.4. The Kier molecular flexibility index (Phi) is 7.85. The molecule has 135 valence electrons. The summed E-state index contributed by atoms with van der Waals surface area (Å²) in [5.74, 6) is -3.04. The van der Waals surface area contributed by atoms with Crippen LogP contribution in [-0.2, 0) is 14.8 Å². The van der Waals surface area contributed by atoms with Crippen LogP contribution in [0.5, 0.6) is 0 Å². The first-order valence-electron chi connectivity index (χ1n) is 7.75. The van der Waals surface area contributed by atoms with E-state index in [1.807, 2.05) is 27.7 Å². The molecule has 0 unspecified atom stereocenters. The molecule has 2 aromatic carbocycles. The number of rotatable bonds is 4. The van der Waals surface area contributed by atoms with E-state index in [1.54, 1.807) is 24.3 Å². The Labute approximate surface area is 150 Å². The van der Waals surface area contributed by atoms with E-state index in [0.29, 0.717) is 11.6 Å². The Balaban J connectivity index is 0.000000970. The summed E-state index contributed by atoms with van der Waals surface area (Å²) in [5, 5.41) is 0. The molecule has 0 atom stereocenters. The molecule has 0 amide bonds. The second-order valence-electron chi connectivity index (χ2n) is 6.20. The molecule has 2 aromatic rings. The van der Waals surface area contributed by atoms with Crippen LogP contribution in [0.4, 0.5) is 13.2 Å². The van der Waals surface area contributed by atoms with Crippen LogP contribution in [0.25, 0.3) is 11.1 Å². The van der Waals surface area contributed by atoms with Crippen molar-refractivity contribution < 1.29 is 22.3 Å². The number of hydrogen-bond acceptors (Lipinski definition) is 2. The zero-order valence-corrected chi connectivity index (χ0v) is 16.0. The van der Waals surface area contributed by atoms with E-state index >= 15 is 0 Å². The lowest BCUT2D eigenvalue weighted by Gasteiger charge is -2.28. The fourth-order valence-corrected chi connectivity index (χ4v) is 2.45. The van der Waals surface area contributed by atoms with Gasteiger partial charge in [0.2, 0.25) is 10.5 Å². The number of halogens is 3. The van der Waals surface area contributed by atoms with Gasteiger partial charge in [0.05, 0.1) is 11.7 Å². The topological polar surface area (TPSA) is 18.5 Å². The third kappa shape index (κ3) is 5.99. The van der Waals surface area contributed by atoms with Gasteiger partial charge in [0.15, 0.2) is 11.6 Å². The third-order valence-corrected chi connectivity index (χ3v) is 3.43. The predicted molar refractivity (Wildman–Crippen MR) is 93.8 cm³/mol. The van der Waals surface area contributed by atoms with E-state index in [4.69, 9.17) is 4.74 Å². The van der Waals surface area contributed by atoms with Gasteiger partial charge in [0, 0.05) is 18.7 Å². The van der Waals surface area contributed by atoms with Crippen molar-refractivity contribution >= 4 is 10.5 Å². The summed E-state index contributed by atoms with van der Waals surface area (Å²) >= 11 is 0. The minimum absolute atomic E-state index is 0.0352. The van der Waals surface area contributed by atoms with Crippen LogP contribution in [-0.4, -0.2) is 23.7 Å². The molecule has 0 saturated carbocycles. The van der Waals surface area contributed by atoms with E-state index in [9.17, 15) is 13.2 Å². The van der Waals surface area contributed by atoms with Crippen molar-refractivity contribution in [2.24, 2.45) is 0 Å². The molecule has 25 heavy (non-hydrogen) atoms. The lowest BCUT2D eigenvalue weighted by molar-refractivity contribution is -0.0600. The van der Waals surface area contributed by atoms with Crippen LogP contribution in [0.1, 0.15) is 33.3 Å². The summed E-state index contributed by atoms with van der Waals surface area (Å²) < 4.78 is 50.0. The molecule has 2 rings (SSSR count). The van der Waals surface area contributed by atoms with Gasteiger partial charge in [0.25, 0.3) is 0 Å². The van der Waals surface area contributed by atoms with Crippen molar-refractivity contribution in [3.8, 4) is 11.1 Å². The minimum atomic E-state index is -1.19. The highest BCUT2D eigenvalue weighted by Crippen LogP contribution is 2.30. The average Bonchev–Trinajstić information content (AvgIpc) is 2.50. The minimum Gasteiger partial charge on any atom is -0.422 e. The molecule has 3 radical (unpaired) electrons. The first-order chi connectivity index (χ1) is 11.6. The molecule has 0 aliphatic carbocycles. The zero-order chi connectivity index (χ0) is 19.2. The summed E-state index contributed by atoms with van der Waals surface area (Å²) in [6.45, 7) is 7.79. The largest absolute Gasteiger partial charge is 0.422 e. The van der Waals surface area contributed by atoms with Crippen molar-refractivity contribution in [2.75, 3.05) is 7.11 Å². The van der Waals surface area contributed by atoms with Gasteiger partial charge in [-0.3, -0.25) is 0 Å². The Morgan fingerprint density at radius 2 is 1.40 bits per heavy atom. The molecular weight excluding hydrogens is 345 g/mol. The average molecular weight is 367 g/mol. The molecule has 0 aromatic heterocycles. The van der Waals surface area contributed by atoms with E-state index in [2.05, 4.69) is 14.9 Å². The molecule has 0 aliphatic rings. The molecule has 2 nitrogen and oxygen atoms in total. The summed E-state index contributed by atoms with van der Waals surface area (Å²) in [4.78, 5) is 0. The van der Waals surface area contributed by atoms with Crippen LogP contribution >= 0.6 is 0 Å². The molecule has 0 N–H and O–H groups in total. The maximum Gasteiger partial charge on any atom is 0.245 e. The molecular formula is C19H22F3O2Si. The predicted octanol–water partition coefficient (Wildman–Crippen LogP) is 5.15. The molecule has 0 aliphatic heterocycles. The van der Waals surface area contributed by atoms with Crippen molar-refractivity contribution in [3.63, 3.8) is 0 Å². The lowest BCUT2D eigenvalue weighted by atomic mass is 9.95. The number of ether oxygens (including phenoxy) is 1. The first-order valence-corrected chi connectivity index (χ1v) is 8.16. The van der Waals surface area contributed by atoms with Crippen LogP contribution in [0.3, 0.4) is 0 Å². The van der Waals surface area contributed by atoms with E-state index < -0.39 is 23.1 Å². The van der Waals surface area contributed by atoms with E-state index in [0.717, 1.165) is 11.6 Å². The fraction of sp³-hybridized carbons (Fsp3) is 0.368. The van der Waals surface area contributed by atoms with Crippen LogP contribution in [0, 0.1) is 17.5 Å². The summed E-state index contributed by atoms with van der Waals surface area (Å²) in [6.07, 6.45) is 0.0679. The number of hydrogen-bond donors (Lipinski definition) is 0. The van der Waals surface area contributed by atoms with Gasteiger partial charge < -0.3 is 9.16 Å². The Morgan fingerprint density at radius 3 is 1.88 bits per heavy atom. The second kappa shape index (κ2) is 9.17. The molecule has 6 heteroatoms. The highest BCUT2D eigenvalue weighted by molar-refractivity contribution is 5.97. The van der Waals surface area contributed by atoms with Gasteiger partial charge in [-0.05, 0) is 44.9 Å². The number of benzene rings is 2. The van der Waals surface area contributed by atoms with Crippen LogP contribution < -0.4 is 0 Å². The monoisotopic (exact) mass is 367 g/mol. The Hall–Kier alpha value is -1.63. The quantitative estimate of drug-likeness (QED) is 0.550. The van der Waals surface area contributed by atoms with Gasteiger partial charge in [-0.25, -0.2) is 13.2 Å². The molecule has 0 saturated heterocycles. The summed E-state index contributed by atoms with van der Waals surface area (Å²) in [6, 6.07) is 8.39. The van der Waals surface area contributed by atoms with Crippen molar-refractivity contribution in [1.29, 1.82) is 0 Å². The smallest absolute Gasteiger partial charge is 0.245 e. The van der Waals surface area contributed by atoms with Gasteiger partial charge in [-0.1, -0.05) is 24.3 Å². The zero-order valence-electron chi connectivity index (χ0n) is 15.0. The normalized spacial score (nSPS) is 11.3. The van der Waals surface area contributed by atoms with E-state index in [1.165, 1.54) is 7.11 Å². The molecule has 0 heterocycles. The van der Waals surface area contributed by atoms with Gasteiger partial charge in [0.1, 0.15) is 5.82 Å². The summed E-state index contributed by atoms with van der Waals surface area (Å²) in [5.41, 5.74) is 0.959. The molecule has 0 spiro atoms. The Morgan fingerprint density at radius 1 is 0.920 bits per heavy atom. The fourth-order valence-electron chi connectivity index (χ4n) is 2.45.